The summed E-state index contributed by atoms with van der Waals surface area (Å²) in [5, 5.41) is 22.9. The second-order valence-corrected chi connectivity index (χ2v) is 9.54. The molecule has 166 valence electrons. The van der Waals surface area contributed by atoms with Crippen molar-refractivity contribution in [2.45, 2.75) is 36.1 Å². The minimum atomic E-state index is -0.669. The summed E-state index contributed by atoms with van der Waals surface area (Å²) in [6.07, 6.45) is 4.48. The van der Waals surface area contributed by atoms with Gasteiger partial charge in [0, 0.05) is 32.2 Å². The molecule has 31 heavy (non-hydrogen) atoms. The van der Waals surface area contributed by atoms with Crippen molar-refractivity contribution in [1.29, 1.82) is 0 Å². The van der Waals surface area contributed by atoms with Gasteiger partial charge in [-0.2, -0.15) is 0 Å². The minimum Gasteiger partial charge on any atom is -0.395 e. The third-order valence-corrected chi connectivity index (χ3v) is 7.38. The molecule has 2 fully saturated rings. The standard InChI is InChI=1S/C18H22N6O5S2/c25-14(19-12-3-1-2-4-12)11-30-18-21-20-17(31-18)23-9-7-22(8-10-23)16(26)13-5-6-15(29-13)24(27)28/h5-6,12H,1-4,7-11H2,(H,19,25). The maximum absolute atomic E-state index is 12.5. The van der Waals surface area contributed by atoms with Crippen LogP contribution in [-0.4, -0.2) is 69.8 Å². The molecule has 4 rings (SSSR count). The molecule has 0 aromatic carbocycles. The highest BCUT2D eigenvalue weighted by Crippen LogP contribution is 2.29. The third kappa shape index (κ3) is 5.34. The lowest BCUT2D eigenvalue weighted by Gasteiger charge is -2.33. The van der Waals surface area contributed by atoms with Gasteiger partial charge in [0.15, 0.2) is 10.1 Å². The molecule has 0 atom stereocenters. The van der Waals surface area contributed by atoms with E-state index in [1.807, 2.05) is 4.90 Å². The Hall–Kier alpha value is -2.67. The quantitative estimate of drug-likeness (QED) is 0.370. The fourth-order valence-corrected chi connectivity index (χ4v) is 5.36. The van der Waals surface area contributed by atoms with Gasteiger partial charge in [-0.25, -0.2) is 0 Å². The van der Waals surface area contributed by atoms with E-state index in [9.17, 15) is 19.7 Å². The summed E-state index contributed by atoms with van der Waals surface area (Å²) in [5.41, 5.74) is 0. The first-order valence-electron chi connectivity index (χ1n) is 10.0. The Labute approximate surface area is 186 Å². The molecule has 0 unspecified atom stereocenters. The van der Waals surface area contributed by atoms with Crippen molar-refractivity contribution in [1.82, 2.24) is 20.4 Å². The van der Waals surface area contributed by atoms with E-state index in [0.29, 0.717) is 38.0 Å². The Morgan fingerprint density at radius 2 is 1.97 bits per heavy atom. The molecule has 2 aromatic heterocycles. The molecule has 2 amide bonds. The Morgan fingerprint density at radius 3 is 2.65 bits per heavy atom. The molecule has 2 aliphatic rings. The topological polar surface area (TPSA) is 135 Å². The van der Waals surface area contributed by atoms with Gasteiger partial charge in [0.05, 0.1) is 11.8 Å². The summed E-state index contributed by atoms with van der Waals surface area (Å²) in [6.45, 7) is 2.02. The van der Waals surface area contributed by atoms with E-state index in [2.05, 4.69) is 15.5 Å². The summed E-state index contributed by atoms with van der Waals surface area (Å²) < 4.78 is 5.74. The summed E-state index contributed by atoms with van der Waals surface area (Å²) in [7, 11) is 0. The van der Waals surface area contributed by atoms with E-state index in [1.54, 1.807) is 4.90 Å². The smallest absolute Gasteiger partial charge is 0.395 e. The zero-order valence-corrected chi connectivity index (χ0v) is 18.3. The van der Waals surface area contributed by atoms with Crippen LogP contribution in [0.4, 0.5) is 11.0 Å². The molecular weight excluding hydrogens is 444 g/mol. The molecule has 1 aliphatic carbocycles. The number of hydrogen-bond donors (Lipinski definition) is 1. The van der Waals surface area contributed by atoms with Crippen LogP contribution >= 0.6 is 23.1 Å². The predicted molar refractivity (Wildman–Crippen MR) is 115 cm³/mol. The highest BCUT2D eigenvalue weighted by molar-refractivity contribution is 8.01. The number of thioether (sulfide) groups is 1. The summed E-state index contributed by atoms with van der Waals surface area (Å²) >= 11 is 2.80. The van der Waals surface area contributed by atoms with E-state index in [4.69, 9.17) is 4.42 Å². The second kappa shape index (κ2) is 9.64. The molecule has 13 heteroatoms. The number of anilines is 1. The fraction of sp³-hybridized carbons (Fsp3) is 0.556. The van der Waals surface area contributed by atoms with Crippen LogP contribution in [-0.2, 0) is 4.79 Å². The van der Waals surface area contributed by atoms with E-state index < -0.39 is 10.8 Å². The van der Waals surface area contributed by atoms with Crippen molar-refractivity contribution in [3.05, 3.63) is 28.0 Å². The molecular formula is C18H22N6O5S2. The van der Waals surface area contributed by atoms with Crippen molar-refractivity contribution in [3.63, 3.8) is 0 Å². The number of nitrogens with one attached hydrogen (secondary N) is 1. The molecule has 0 radical (unpaired) electrons. The highest BCUT2D eigenvalue weighted by Gasteiger charge is 2.27. The lowest BCUT2D eigenvalue weighted by molar-refractivity contribution is -0.402. The van der Waals surface area contributed by atoms with E-state index in [1.165, 1.54) is 48.1 Å². The minimum absolute atomic E-state index is 0.0268. The molecule has 2 aromatic rings. The van der Waals surface area contributed by atoms with Crippen molar-refractivity contribution in [3.8, 4) is 0 Å². The Morgan fingerprint density at radius 1 is 1.23 bits per heavy atom. The number of nitrogens with zero attached hydrogens (tertiary/aromatic N) is 5. The van der Waals surface area contributed by atoms with Crippen LogP contribution in [0, 0.1) is 10.1 Å². The van der Waals surface area contributed by atoms with E-state index in [0.717, 1.165) is 22.3 Å². The van der Waals surface area contributed by atoms with Crippen LogP contribution in [0.5, 0.6) is 0 Å². The number of carbonyl (C=O) groups excluding carboxylic acids is 2. The van der Waals surface area contributed by atoms with Gasteiger partial charge < -0.3 is 19.5 Å². The van der Waals surface area contributed by atoms with Crippen LogP contribution in [0.1, 0.15) is 36.2 Å². The van der Waals surface area contributed by atoms with Gasteiger partial charge in [-0.05, 0) is 18.9 Å². The number of furan rings is 1. The Balaban J connectivity index is 1.24. The fourth-order valence-electron chi connectivity index (χ4n) is 3.65. The average Bonchev–Trinajstić information content (AvgIpc) is 3.53. The van der Waals surface area contributed by atoms with E-state index in [-0.39, 0.29) is 17.6 Å². The number of hydrogen-bond acceptors (Lipinski definition) is 10. The number of aromatic nitrogens is 2. The number of carbonyl (C=O) groups is 2. The SMILES string of the molecule is O=C(CSc1nnc(N2CCN(C(=O)c3ccc([N+](=O)[O-])o3)CC2)s1)NC1CCCC1. The largest absolute Gasteiger partial charge is 0.433 e. The number of amides is 2. The average molecular weight is 467 g/mol. The van der Waals surface area contributed by atoms with Crippen LogP contribution in [0.2, 0.25) is 0 Å². The molecule has 0 bridgehead atoms. The first-order chi connectivity index (χ1) is 15.0. The summed E-state index contributed by atoms with van der Waals surface area (Å²) in [5.74, 6) is -0.500. The molecule has 11 nitrogen and oxygen atoms in total. The second-order valence-electron chi connectivity index (χ2n) is 7.36. The van der Waals surface area contributed by atoms with Gasteiger partial charge in [-0.1, -0.05) is 35.9 Å². The lowest BCUT2D eigenvalue weighted by atomic mass is 10.2. The van der Waals surface area contributed by atoms with Crippen molar-refractivity contribution < 1.29 is 18.9 Å². The first-order valence-corrected chi connectivity index (χ1v) is 11.8. The van der Waals surface area contributed by atoms with Crippen molar-refractivity contribution >= 4 is 45.9 Å². The Bertz CT molecular complexity index is 949. The zero-order valence-electron chi connectivity index (χ0n) is 16.7. The molecule has 1 aliphatic heterocycles. The Kier molecular flexibility index (Phi) is 6.70. The van der Waals surface area contributed by atoms with Gasteiger partial charge in [0.1, 0.15) is 4.92 Å². The molecule has 1 N–H and O–H groups in total. The molecule has 0 spiro atoms. The monoisotopic (exact) mass is 466 g/mol. The van der Waals surface area contributed by atoms with Gasteiger partial charge >= 0.3 is 5.88 Å². The predicted octanol–water partition coefficient (Wildman–Crippen LogP) is 2.15. The van der Waals surface area contributed by atoms with Gasteiger partial charge in [-0.15, -0.1) is 10.2 Å². The molecule has 3 heterocycles. The van der Waals surface area contributed by atoms with Crippen LogP contribution in [0.3, 0.4) is 0 Å². The third-order valence-electron chi connectivity index (χ3n) is 5.26. The maximum Gasteiger partial charge on any atom is 0.433 e. The number of nitro groups is 1. The number of piperazine rings is 1. The first kappa shape index (κ1) is 21.6. The van der Waals surface area contributed by atoms with Crippen molar-refractivity contribution in [2.24, 2.45) is 0 Å². The number of rotatable bonds is 7. The summed E-state index contributed by atoms with van der Waals surface area (Å²) in [6, 6.07) is 2.81. The zero-order chi connectivity index (χ0) is 21.8. The van der Waals surface area contributed by atoms with Crippen molar-refractivity contribution in [2.75, 3.05) is 36.8 Å². The normalized spacial score (nSPS) is 17.2. The highest BCUT2D eigenvalue weighted by atomic mass is 32.2. The molecule has 1 saturated carbocycles. The van der Waals surface area contributed by atoms with Crippen LogP contribution in [0.15, 0.2) is 20.9 Å². The van der Waals surface area contributed by atoms with Gasteiger partial charge in [0.25, 0.3) is 5.91 Å². The lowest BCUT2D eigenvalue weighted by Crippen LogP contribution is -2.48. The maximum atomic E-state index is 12.5. The van der Waals surface area contributed by atoms with Gasteiger partial charge in [-0.3, -0.25) is 19.7 Å². The van der Waals surface area contributed by atoms with Crippen LogP contribution < -0.4 is 10.2 Å². The summed E-state index contributed by atoms with van der Waals surface area (Å²) in [4.78, 5) is 38.2. The van der Waals surface area contributed by atoms with E-state index >= 15 is 0 Å². The van der Waals surface area contributed by atoms with Gasteiger partial charge in [0.2, 0.25) is 11.0 Å². The molecule has 1 saturated heterocycles. The van der Waals surface area contributed by atoms with Crippen LogP contribution in [0.25, 0.3) is 0 Å².